The van der Waals surface area contributed by atoms with Crippen LogP contribution in [-0.2, 0) is 16.0 Å². The predicted octanol–water partition coefficient (Wildman–Crippen LogP) is 3.56. The lowest BCUT2D eigenvalue weighted by molar-refractivity contribution is -0.0431. The summed E-state index contributed by atoms with van der Waals surface area (Å²) in [4.78, 5) is 2.49. The maximum atomic E-state index is 6.05. The van der Waals surface area contributed by atoms with Crippen LogP contribution in [0.3, 0.4) is 0 Å². The van der Waals surface area contributed by atoms with Gasteiger partial charge in [0, 0.05) is 25.6 Å². The van der Waals surface area contributed by atoms with Crippen molar-refractivity contribution in [2.75, 3.05) is 26.3 Å². The summed E-state index contributed by atoms with van der Waals surface area (Å²) in [5.41, 5.74) is 0. The molecule has 1 aromatic rings. The average molecular weight is 319 g/mol. The highest BCUT2D eigenvalue weighted by Gasteiger charge is 2.36. The molecule has 0 amide bonds. The first-order valence-corrected chi connectivity index (χ1v) is 9.32. The van der Waals surface area contributed by atoms with Gasteiger partial charge < -0.3 is 13.9 Å². The van der Waals surface area contributed by atoms with Crippen molar-refractivity contribution < 1.29 is 13.9 Å². The molecular weight excluding hydrogens is 290 g/mol. The van der Waals surface area contributed by atoms with Crippen molar-refractivity contribution in [2.24, 2.45) is 5.92 Å². The molecule has 3 aliphatic rings. The SMILES string of the molecule is C[C@@H]1C[C@@H]1c1ccc(CN2CCC(OC[C@@H]3CCCO3)CC2)o1. The fraction of sp³-hybridized carbons (Fsp3) is 0.789. The third-order valence-corrected chi connectivity index (χ3v) is 5.61. The molecule has 3 heterocycles. The highest BCUT2D eigenvalue weighted by molar-refractivity contribution is 5.17. The molecule has 128 valence electrons. The van der Waals surface area contributed by atoms with Gasteiger partial charge in [0.25, 0.3) is 0 Å². The molecule has 4 nitrogen and oxygen atoms in total. The van der Waals surface area contributed by atoms with Crippen molar-refractivity contribution in [3.63, 3.8) is 0 Å². The summed E-state index contributed by atoms with van der Waals surface area (Å²) in [5.74, 6) is 3.81. The molecular formula is C19H29NO3. The maximum absolute atomic E-state index is 6.05. The Bertz CT molecular complexity index is 500. The van der Waals surface area contributed by atoms with Gasteiger partial charge in [-0.25, -0.2) is 0 Å². The summed E-state index contributed by atoms with van der Waals surface area (Å²) in [5, 5.41) is 0. The second kappa shape index (κ2) is 6.96. The summed E-state index contributed by atoms with van der Waals surface area (Å²) >= 11 is 0. The first-order chi connectivity index (χ1) is 11.3. The van der Waals surface area contributed by atoms with Gasteiger partial charge in [-0.05, 0) is 50.2 Å². The first kappa shape index (κ1) is 15.7. The van der Waals surface area contributed by atoms with Gasteiger partial charge in [-0.3, -0.25) is 4.90 Å². The van der Waals surface area contributed by atoms with E-state index in [0.717, 1.165) is 57.4 Å². The van der Waals surface area contributed by atoms with Crippen molar-refractivity contribution in [1.29, 1.82) is 0 Å². The van der Waals surface area contributed by atoms with Gasteiger partial charge in [0.1, 0.15) is 11.5 Å². The zero-order chi connectivity index (χ0) is 15.6. The molecule has 0 spiro atoms. The fourth-order valence-electron chi connectivity index (χ4n) is 3.87. The molecule has 1 saturated carbocycles. The largest absolute Gasteiger partial charge is 0.464 e. The Balaban J connectivity index is 1.18. The number of ether oxygens (including phenoxy) is 2. The van der Waals surface area contributed by atoms with E-state index in [0.29, 0.717) is 18.1 Å². The van der Waals surface area contributed by atoms with Crippen molar-refractivity contribution in [3.8, 4) is 0 Å². The standard InChI is InChI=1S/C19H29NO3/c1-14-11-18(14)19-5-4-16(23-19)12-20-8-6-15(7-9-20)22-13-17-3-2-10-21-17/h4-5,14-15,17-18H,2-3,6-13H2,1H3/t14-,17+,18+/m1/s1. The lowest BCUT2D eigenvalue weighted by atomic mass is 10.1. The average Bonchev–Trinajstić information content (AvgIpc) is 2.99. The molecule has 0 radical (unpaired) electrons. The maximum Gasteiger partial charge on any atom is 0.118 e. The minimum absolute atomic E-state index is 0.347. The highest BCUT2D eigenvalue weighted by atomic mass is 16.5. The van der Waals surface area contributed by atoms with Crippen LogP contribution in [0.15, 0.2) is 16.5 Å². The molecule has 2 aliphatic heterocycles. The molecule has 0 N–H and O–H groups in total. The number of furan rings is 1. The second-order valence-electron chi connectivity index (χ2n) is 7.57. The molecule has 4 heteroatoms. The Kier molecular flexibility index (Phi) is 4.74. The molecule has 0 unspecified atom stereocenters. The number of piperidine rings is 1. The van der Waals surface area contributed by atoms with Crippen LogP contribution >= 0.6 is 0 Å². The van der Waals surface area contributed by atoms with E-state index in [1.165, 1.54) is 25.0 Å². The predicted molar refractivity (Wildman–Crippen MR) is 88.5 cm³/mol. The molecule has 2 saturated heterocycles. The van der Waals surface area contributed by atoms with Gasteiger partial charge >= 0.3 is 0 Å². The smallest absolute Gasteiger partial charge is 0.118 e. The Hall–Kier alpha value is -0.840. The van der Waals surface area contributed by atoms with Gasteiger partial charge in [-0.1, -0.05) is 6.92 Å². The number of likely N-dealkylation sites (tertiary alicyclic amines) is 1. The highest BCUT2D eigenvalue weighted by Crippen LogP contribution is 2.47. The molecule has 3 fully saturated rings. The Morgan fingerprint density at radius 3 is 2.74 bits per heavy atom. The summed E-state index contributed by atoms with van der Waals surface area (Å²) < 4.78 is 17.7. The number of nitrogens with zero attached hydrogens (tertiary/aromatic N) is 1. The minimum Gasteiger partial charge on any atom is -0.464 e. The van der Waals surface area contributed by atoms with Crippen LogP contribution in [0.1, 0.15) is 56.5 Å². The van der Waals surface area contributed by atoms with Gasteiger partial charge in [0.15, 0.2) is 0 Å². The van der Waals surface area contributed by atoms with E-state index in [4.69, 9.17) is 13.9 Å². The van der Waals surface area contributed by atoms with Crippen LogP contribution in [0, 0.1) is 5.92 Å². The van der Waals surface area contributed by atoms with Gasteiger partial charge in [-0.2, -0.15) is 0 Å². The van der Waals surface area contributed by atoms with Crippen LogP contribution in [0.4, 0.5) is 0 Å². The lowest BCUT2D eigenvalue weighted by Gasteiger charge is -2.31. The molecule has 0 aromatic carbocycles. The Labute approximate surface area is 139 Å². The fourth-order valence-corrected chi connectivity index (χ4v) is 3.87. The normalized spacial score (nSPS) is 32.5. The third kappa shape index (κ3) is 3.98. The van der Waals surface area contributed by atoms with Crippen LogP contribution in [-0.4, -0.2) is 43.4 Å². The van der Waals surface area contributed by atoms with E-state index in [2.05, 4.69) is 24.0 Å². The van der Waals surface area contributed by atoms with E-state index >= 15 is 0 Å². The van der Waals surface area contributed by atoms with E-state index in [1.54, 1.807) is 0 Å². The van der Waals surface area contributed by atoms with Crippen LogP contribution in [0.25, 0.3) is 0 Å². The Morgan fingerprint density at radius 2 is 2.04 bits per heavy atom. The van der Waals surface area contributed by atoms with Crippen molar-refractivity contribution in [1.82, 2.24) is 4.90 Å². The van der Waals surface area contributed by atoms with Crippen LogP contribution in [0.5, 0.6) is 0 Å². The number of hydrogen-bond donors (Lipinski definition) is 0. The Morgan fingerprint density at radius 1 is 1.22 bits per heavy atom. The summed E-state index contributed by atoms with van der Waals surface area (Å²) in [6.45, 7) is 7.15. The first-order valence-electron chi connectivity index (χ1n) is 9.32. The van der Waals surface area contributed by atoms with Gasteiger partial charge in [0.2, 0.25) is 0 Å². The van der Waals surface area contributed by atoms with Gasteiger partial charge in [-0.15, -0.1) is 0 Å². The second-order valence-corrected chi connectivity index (χ2v) is 7.57. The monoisotopic (exact) mass is 319 g/mol. The molecule has 23 heavy (non-hydrogen) atoms. The van der Waals surface area contributed by atoms with E-state index in [1.807, 2.05) is 0 Å². The number of hydrogen-bond acceptors (Lipinski definition) is 4. The topological polar surface area (TPSA) is 34.8 Å². The zero-order valence-corrected chi connectivity index (χ0v) is 14.2. The molecule has 4 rings (SSSR count). The molecule has 1 aliphatic carbocycles. The van der Waals surface area contributed by atoms with Crippen LogP contribution in [0.2, 0.25) is 0 Å². The van der Waals surface area contributed by atoms with E-state index in [9.17, 15) is 0 Å². The van der Waals surface area contributed by atoms with Crippen molar-refractivity contribution >= 4 is 0 Å². The van der Waals surface area contributed by atoms with Crippen LogP contribution < -0.4 is 0 Å². The summed E-state index contributed by atoms with van der Waals surface area (Å²) in [6.07, 6.45) is 6.66. The third-order valence-electron chi connectivity index (χ3n) is 5.61. The molecule has 1 aromatic heterocycles. The van der Waals surface area contributed by atoms with Crippen molar-refractivity contribution in [3.05, 3.63) is 23.7 Å². The van der Waals surface area contributed by atoms with E-state index < -0.39 is 0 Å². The summed E-state index contributed by atoms with van der Waals surface area (Å²) in [7, 11) is 0. The minimum atomic E-state index is 0.347. The van der Waals surface area contributed by atoms with Gasteiger partial charge in [0.05, 0.1) is 25.4 Å². The van der Waals surface area contributed by atoms with Crippen molar-refractivity contribution in [2.45, 2.75) is 63.7 Å². The molecule has 0 bridgehead atoms. The number of rotatable bonds is 6. The zero-order valence-electron chi connectivity index (χ0n) is 14.2. The quantitative estimate of drug-likeness (QED) is 0.803. The van der Waals surface area contributed by atoms with E-state index in [-0.39, 0.29) is 0 Å². The molecule has 3 atom stereocenters. The lowest BCUT2D eigenvalue weighted by Crippen LogP contribution is -2.37. The summed E-state index contributed by atoms with van der Waals surface area (Å²) in [6, 6.07) is 4.35.